The normalized spacial score (nSPS) is 10.5. The Morgan fingerprint density at radius 2 is 2.15 bits per heavy atom. The van der Waals surface area contributed by atoms with E-state index in [1.165, 1.54) is 0 Å². The zero-order chi connectivity index (χ0) is 9.84. The molecule has 0 fully saturated rings. The zero-order valence-corrected chi connectivity index (χ0v) is 8.31. The second-order valence-electron chi connectivity index (χ2n) is 2.51. The van der Waals surface area contributed by atoms with Gasteiger partial charge in [0.2, 0.25) is 0 Å². The highest BCUT2D eigenvalue weighted by atomic mass is 79.9. The number of nitrogens with one attached hydrogen (secondary N) is 1. The van der Waals surface area contributed by atoms with Crippen molar-refractivity contribution < 1.29 is 8.78 Å². The van der Waals surface area contributed by atoms with Gasteiger partial charge < -0.3 is 11.1 Å². The van der Waals surface area contributed by atoms with Crippen LogP contribution in [0.4, 0.5) is 20.2 Å². The molecule has 0 saturated carbocycles. The smallest absolute Gasteiger partial charge is 0.255 e. The molecule has 0 unspecified atom stereocenters. The van der Waals surface area contributed by atoms with Crippen LogP contribution >= 0.6 is 15.9 Å². The number of rotatable bonds is 3. The molecule has 3 N–H and O–H groups in total. The minimum absolute atomic E-state index is 0.359. The van der Waals surface area contributed by atoms with E-state index in [-0.39, 0.29) is 6.54 Å². The molecule has 1 rings (SSSR count). The van der Waals surface area contributed by atoms with Crippen molar-refractivity contribution in [3.8, 4) is 0 Å². The number of nitrogens with two attached hydrogens (primary N) is 1. The van der Waals surface area contributed by atoms with E-state index in [9.17, 15) is 8.78 Å². The van der Waals surface area contributed by atoms with Crippen molar-refractivity contribution >= 4 is 27.3 Å². The Balaban J connectivity index is 2.67. The summed E-state index contributed by atoms with van der Waals surface area (Å²) in [5.41, 5.74) is 6.69. The van der Waals surface area contributed by atoms with E-state index in [2.05, 4.69) is 21.2 Å². The molecule has 1 aromatic carbocycles. The second-order valence-corrected chi connectivity index (χ2v) is 3.37. The lowest BCUT2D eigenvalue weighted by Crippen LogP contribution is -2.10. The Hall–Kier alpha value is -0.840. The van der Waals surface area contributed by atoms with Crippen molar-refractivity contribution in [3.63, 3.8) is 0 Å². The van der Waals surface area contributed by atoms with Gasteiger partial charge in [-0.3, -0.25) is 0 Å². The number of hydrogen-bond acceptors (Lipinski definition) is 2. The summed E-state index contributed by atoms with van der Waals surface area (Å²) >= 11 is 3.21. The largest absolute Gasteiger partial charge is 0.399 e. The average molecular weight is 251 g/mol. The van der Waals surface area contributed by atoms with Crippen molar-refractivity contribution in [1.82, 2.24) is 0 Å². The van der Waals surface area contributed by atoms with Gasteiger partial charge in [0.15, 0.2) is 0 Å². The van der Waals surface area contributed by atoms with E-state index in [0.717, 1.165) is 0 Å². The van der Waals surface area contributed by atoms with Crippen LogP contribution < -0.4 is 11.1 Å². The number of hydrogen-bond donors (Lipinski definition) is 2. The highest BCUT2D eigenvalue weighted by molar-refractivity contribution is 9.10. The first-order valence-corrected chi connectivity index (χ1v) is 4.46. The average Bonchev–Trinajstić information content (AvgIpc) is 2.02. The number of benzene rings is 1. The molecule has 2 nitrogen and oxygen atoms in total. The molecule has 0 aliphatic rings. The third-order valence-electron chi connectivity index (χ3n) is 1.44. The van der Waals surface area contributed by atoms with Gasteiger partial charge in [0.25, 0.3) is 6.43 Å². The van der Waals surface area contributed by atoms with Crippen LogP contribution in [0.5, 0.6) is 0 Å². The molecule has 72 valence electrons. The summed E-state index contributed by atoms with van der Waals surface area (Å²) in [5.74, 6) is 0. The summed E-state index contributed by atoms with van der Waals surface area (Å²) in [6.07, 6.45) is -2.36. The van der Waals surface area contributed by atoms with Crippen LogP contribution in [0.25, 0.3) is 0 Å². The fourth-order valence-corrected chi connectivity index (χ4v) is 1.40. The predicted octanol–water partition coefficient (Wildman–Crippen LogP) is 2.71. The third kappa shape index (κ3) is 3.18. The SMILES string of the molecule is Nc1ccc(NCC(F)F)c(Br)c1. The number of halogens is 3. The first-order valence-electron chi connectivity index (χ1n) is 3.66. The van der Waals surface area contributed by atoms with Gasteiger partial charge in [-0.15, -0.1) is 0 Å². The van der Waals surface area contributed by atoms with Crippen molar-refractivity contribution in [2.24, 2.45) is 0 Å². The molecular weight excluding hydrogens is 242 g/mol. The summed E-state index contributed by atoms with van der Waals surface area (Å²) in [5, 5.41) is 2.59. The van der Waals surface area contributed by atoms with E-state index in [1.807, 2.05) is 0 Å². The second kappa shape index (κ2) is 4.41. The number of anilines is 2. The Labute approximate surface area is 83.2 Å². The van der Waals surface area contributed by atoms with Gasteiger partial charge in [-0.25, -0.2) is 8.78 Å². The summed E-state index contributed by atoms with van der Waals surface area (Å²) < 4.78 is 24.3. The fourth-order valence-electron chi connectivity index (χ4n) is 0.862. The zero-order valence-electron chi connectivity index (χ0n) is 6.73. The van der Waals surface area contributed by atoms with Gasteiger partial charge in [0, 0.05) is 15.8 Å². The van der Waals surface area contributed by atoms with Crippen LogP contribution in [-0.2, 0) is 0 Å². The molecule has 13 heavy (non-hydrogen) atoms. The van der Waals surface area contributed by atoms with Crippen molar-refractivity contribution in [1.29, 1.82) is 0 Å². The quantitative estimate of drug-likeness (QED) is 0.810. The molecule has 1 aromatic rings. The van der Waals surface area contributed by atoms with E-state index in [4.69, 9.17) is 5.73 Å². The lowest BCUT2D eigenvalue weighted by Gasteiger charge is -2.07. The van der Waals surface area contributed by atoms with Crippen LogP contribution in [0.3, 0.4) is 0 Å². The standard InChI is InChI=1S/C8H9BrF2N2/c9-6-3-5(12)1-2-7(6)13-4-8(10)11/h1-3,8,13H,4,12H2. The maximum Gasteiger partial charge on any atom is 0.255 e. The van der Waals surface area contributed by atoms with Gasteiger partial charge in [-0.2, -0.15) is 0 Å². The summed E-state index contributed by atoms with van der Waals surface area (Å²) in [6, 6.07) is 4.97. The van der Waals surface area contributed by atoms with Gasteiger partial charge >= 0.3 is 0 Å². The molecule has 5 heteroatoms. The number of alkyl halides is 2. The van der Waals surface area contributed by atoms with Gasteiger partial charge in [0.05, 0.1) is 6.54 Å². The van der Waals surface area contributed by atoms with Crippen LogP contribution in [0, 0.1) is 0 Å². The monoisotopic (exact) mass is 250 g/mol. The summed E-state index contributed by atoms with van der Waals surface area (Å²) in [4.78, 5) is 0. The van der Waals surface area contributed by atoms with Crippen LogP contribution in [-0.4, -0.2) is 13.0 Å². The Bertz CT molecular complexity index is 291. The van der Waals surface area contributed by atoms with Crippen molar-refractivity contribution in [2.75, 3.05) is 17.6 Å². The van der Waals surface area contributed by atoms with E-state index < -0.39 is 6.43 Å². The van der Waals surface area contributed by atoms with Crippen LogP contribution in [0.15, 0.2) is 22.7 Å². The van der Waals surface area contributed by atoms with E-state index in [0.29, 0.717) is 15.8 Å². The minimum Gasteiger partial charge on any atom is -0.399 e. The van der Waals surface area contributed by atoms with Gasteiger partial charge in [0.1, 0.15) is 0 Å². The Morgan fingerprint density at radius 3 is 2.69 bits per heavy atom. The first-order chi connectivity index (χ1) is 6.09. The molecule has 0 radical (unpaired) electrons. The fraction of sp³-hybridized carbons (Fsp3) is 0.250. The molecule has 0 spiro atoms. The predicted molar refractivity (Wildman–Crippen MR) is 53.0 cm³/mol. The topological polar surface area (TPSA) is 38.0 Å². The molecule has 0 heterocycles. The highest BCUT2D eigenvalue weighted by Crippen LogP contribution is 2.24. The Morgan fingerprint density at radius 1 is 1.46 bits per heavy atom. The number of nitrogen functional groups attached to an aromatic ring is 1. The Kier molecular flexibility index (Phi) is 3.48. The van der Waals surface area contributed by atoms with Crippen LogP contribution in [0.2, 0.25) is 0 Å². The van der Waals surface area contributed by atoms with Crippen molar-refractivity contribution in [3.05, 3.63) is 22.7 Å². The molecule has 0 atom stereocenters. The molecule has 0 aliphatic heterocycles. The van der Waals surface area contributed by atoms with E-state index >= 15 is 0 Å². The lowest BCUT2D eigenvalue weighted by atomic mass is 10.3. The third-order valence-corrected chi connectivity index (χ3v) is 2.10. The molecule has 0 aromatic heterocycles. The highest BCUT2D eigenvalue weighted by Gasteiger charge is 2.04. The maximum absolute atomic E-state index is 11.8. The van der Waals surface area contributed by atoms with Crippen LogP contribution in [0.1, 0.15) is 0 Å². The lowest BCUT2D eigenvalue weighted by molar-refractivity contribution is 0.163. The first kappa shape index (κ1) is 10.2. The minimum atomic E-state index is -2.36. The molecule has 0 amide bonds. The molecular formula is C8H9BrF2N2. The van der Waals surface area contributed by atoms with Gasteiger partial charge in [-0.05, 0) is 34.1 Å². The molecule has 0 saturated heterocycles. The maximum atomic E-state index is 11.8. The summed E-state index contributed by atoms with van der Waals surface area (Å²) in [7, 11) is 0. The van der Waals surface area contributed by atoms with E-state index in [1.54, 1.807) is 18.2 Å². The van der Waals surface area contributed by atoms with Crippen molar-refractivity contribution in [2.45, 2.75) is 6.43 Å². The van der Waals surface area contributed by atoms with Gasteiger partial charge in [-0.1, -0.05) is 0 Å². The molecule has 0 bridgehead atoms. The summed E-state index contributed by atoms with van der Waals surface area (Å²) in [6.45, 7) is -0.359. The molecule has 0 aliphatic carbocycles.